The lowest BCUT2D eigenvalue weighted by molar-refractivity contribution is -0.948. The Balaban J connectivity index is 1.53. The highest BCUT2D eigenvalue weighted by atomic mass is 16.5. The van der Waals surface area contributed by atoms with Crippen LogP contribution in [-0.2, 0) is 18.9 Å². The molecule has 0 aromatic rings. The van der Waals surface area contributed by atoms with E-state index in [9.17, 15) is 5.11 Å². The largest absolute Gasteiger partial charge is 0.390 e. The second kappa shape index (κ2) is 8.25. The van der Waals surface area contributed by atoms with Gasteiger partial charge in [-0.3, -0.25) is 0 Å². The Hall–Kier alpha value is -0.240. The fourth-order valence-corrected chi connectivity index (χ4v) is 7.20. The number of nitrogens with one attached hydrogen (secondary N) is 1. The van der Waals surface area contributed by atoms with E-state index in [1.807, 2.05) is 14.2 Å². The van der Waals surface area contributed by atoms with Crippen LogP contribution in [0.15, 0.2) is 0 Å². The first kappa shape index (κ1) is 20.0. The molecule has 2 saturated carbocycles. The molecular weight excluding hydrogens is 346 g/mol. The van der Waals surface area contributed by atoms with Crippen molar-refractivity contribution in [2.75, 3.05) is 41.5 Å². The first-order valence-corrected chi connectivity index (χ1v) is 10.8. The Morgan fingerprint density at radius 3 is 2.19 bits per heavy atom. The Morgan fingerprint density at radius 1 is 0.778 bits per heavy atom. The Kier molecular flexibility index (Phi) is 6.12. The van der Waals surface area contributed by atoms with E-state index in [1.165, 1.54) is 25.8 Å². The number of hydrogen-bond donors (Lipinski definition) is 2. The Morgan fingerprint density at radius 2 is 1.52 bits per heavy atom. The fraction of sp³-hybridized carbons (Fsp3) is 1.00. The zero-order chi connectivity index (χ0) is 19.1. The van der Waals surface area contributed by atoms with Gasteiger partial charge in [-0.25, -0.2) is 0 Å². The lowest BCUT2D eigenvalue weighted by atomic mass is 9.61. The molecule has 2 N–H and O–H groups in total. The van der Waals surface area contributed by atoms with Crippen LogP contribution in [0.25, 0.3) is 0 Å². The predicted molar refractivity (Wildman–Crippen MR) is 101 cm³/mol. The van der Waals surface area contributed by atoms with Crippen molar-refractivity contribution in [2.45, 2.75) is 68.7 Å². The average Bonchev–Trinajstić information content (AvgIpc) is 2.70. The molecule has 2 aliphatic carbocycles. The SMILES string of the molecule is COC1CC2CC[NH+]3CC4C(CCC(OC)C4OC)CC3C2C(O)C1OC. The van der Waals surface area contributed by atoms with E-state index >= 15 is 0 Å². The first-order valence-electron chi connectivity index (χ1n) is 10.8. The summed E-state index contributed by atoms with van der Waals surface area (Å²) in [5.74, 6) is 2.13. The Labute approximate surface area is 163 Å². The summed E-state index contributed by atoms with van der Waals surface area (Å²) in [7, 11) is 7.11. The van der Waals surface area contributed by atoms with E-state index in [2.05, 4.69) is 0 Å². The summed E-state index contributed by atoms with van der Waals surface area (Å²) >= 11 is 0. The monoisotopic (exact) mass is 384 g/mol. The van der Waals surface area contributed by atoms with Gasteiger partial charge in [-0.2, -0.15) is 0 Å². The van der Waals surface area contributed by atoms with Gasteiger partial charge in [0, 0.05) is 53.1 Å². The van der Waals surface area contributed by atoms with Gasteiger partial charge in [0.25, 0.3) is 0 Å². The summed E-state index contributed by atoms with van der Waals surface area (Å²) in [5, 5.41) is 11.2. The normalized spacial score (nSPS) is 52.6. The van der Waals surface area contributed by atoms with Crippen molar-refractivity contribution >= 4 is 0 Å². The highest BCUT2D eigenvalue weighted by molar-refractivity contribution is 5.01. The van der Waals surface area contributed by atoms with Crippen molar-refractivity contribution < 1.29 is 29.0 Å². The topological polar surface area (TPSA) is 61.6 Å². The molecule has 0 spiro atoms. The molecule has 6 heteroatoms. The van der Waals surface area contributed by atoms with Crippen LogP contribution in [0.4, 0.5) is 0 Å². The van der Waals surface area contributed by atoms with Crippen LogP contribution in [0, 0.1) is 23.7 Å². The predicted octanol–water partition coefficient (Wildman–Crippen LogP) is 0.131. The van der Waals surface area contributed by atoms with Crippen LogP contribution >= 0.6 is 0 Å². The molecule has 0 bridgehead atoms. The molecule has 11 atom stereocenters. The number of piperidine rings is 2. The lowest BCUT2D eigenvalue weighted by Crippen LogP contribution is -3.20. The minimum atomic E-state index is -0.427. The average molecular weight is 385 g/mol. The van der Waals surface area contributed by atoms with Crippen LogP contribution in [-0.4, -0.2) is 83.2 Å². The molecule has 27 heavy (non-hydrogen) atoms. The highest BCUT2D eigenvalue weighted by Gasteiger charge is 2.57. The van der Waals surface area contributed by atoms with Crippen molar-refractivity contribution in [3.05, 3.63) is 0 Å². The number of methoxy groups -OCH3 is 4. The van der Waals surface area contributed by atoms with Crippen molar-refractivity contribution in [3.63, 3.8) is 0 Å². The first-order chi connectivity index (χ1) is 13.1. The van der Waals surface area contributed by atoms with E-state index < -0.39 is 6.10 Å². The van der Waals surface area contributed by atoms with Gasteiger partial charge in [-0.1, -0.05) is 0 Å². The molecule has 0 aromatic carbocycles. The van der Waals surface area contributed by atoms with Crippen molar-refractivity contribution in [1.82, 2.24) is 0 Å². The molecule has 0 amide bonds. The zero-order valence-electron chi connectivity index (χ0n) is 17.3. The van der Waals surface area contributed by atoms with Gasteiger partial charge in [0.1, 0.15) is 6.10 Å². The summed E-state index contributed by atoms with van der Waals surface area (Å²) in [4.78, 5) is 1.67. The summed E-state index contributed by atoms with van der Waals surface area (Å²) in [6.45, 7) is 2.35. The van der Waals surface area contributed by atoms with E-state index in [0.29, 0.717) is 29.7 Å². The van der Waals surface area contributed by atoms with Gasteiger partial charge in [0.15, 0.2) is 0 Å². The van der Waals surface area contributed by atoms with E-state index in [4.69, 9.17) is 18.9 Å². The van der Waals surface area contributed by atoms with Gasteiger partial charge in [-0.05, 0) is 31.1 Å². The Bertz CT molecular complexity index is 505. The summed E-state index contributed by atoms with van der Waals surface area (Å²) in [6.07, 6.45) is 5.50. The third-order valence-electron chi connectivity index (χ3n) is 8.42. The van der Waals surface area contributed by atoms with Crippen LogP contribution in [0.1, 0.15) is 32.1 Å². The number of aliphatic hydroxyl groups is 1. The second-order valence-electron chi connectivity index (χ2n) is 9.26. The standard InChI is InChI=1S/C21H37NO5/c1-24-16-6-5-12-9-15-18-13(10-17(25-2)21(27-4)19(18)23)7-8-22(15)11-14(12)20(16)26-3/h12-21,23H,5-11H2,1-4H3/p+1. The summed E-state index contributed by atoms with van der Waals surface area (Å²) in [5.41, 5.74) is 0. The minimum absolute atomic E-state index is 0.0131. The maximum absolute atomic E-state index is 11.2. The van der Waals surface area contributed by atoms with E-state index in [-0.39, 0.29) is 24.4 Å². The second-order valence-corrected chi connectivity index (χ2v) is 9.26. The molecule has 0 radical (unpaired) electrons. The maximum Gasteiger partial charge on any atom is 0.110 e. The molecule has 6 nitrogen and oxygen atoms in total. The summed E-state index contributed by atoms with van der Waals surface area (Å²) < 4.78 is 23.0. The van der Waals surface area contributed by atoms with E-state index in [0.717, 1.165) is 19.4 Å². The highest BCUT2D eigenvalue weighted by Crippen LogP contribution is 2.44. The molecule has 11 unspecified atom stereocenters. The van der Waals surface area contributed by atoms with E-state index in [1.54, 1.807) is 19.1 Å². The summed E-state index contributed by atoms with van der Waals surface area (Å²) in [6, 6.07) is 0.534. The van der Waals surface area contributed by atoms with Crippen molar-refractivity contribution in [3.8, 4) is 0 Å². The molecule has 2 aliphatic heterocycles. The molecular formula is C21H38NO5+. The number of hydrogen-bond acceptors (Lipinski definition) is 5. The van der Waals surface area contributed by atoms with Gasteiger partial charge >= 0.3 is 0 Å². The third-order valence-corrected chi connectivity index (χ3v) is 8.42. The van der Waals surface area contributed by atoms with Gasteiger partial charge in [0.05, 0.1) is 43.5 Å². The number of fused-ring (bicyclic) bond motifs is 4. The fourth-order valence-electron chi connectivity index (χ4n) is 7.20. The number of rotatable bonds is 4. The number of ether oxygens (including phenoxy) is 4. The molecule has 2 saturated heterocycles. The molecule has 4 fully saturated rings. The van der Waals surface area contributed by atoms with Crippen molar-refractivity contribution in [2.24, 2.45) is 23.7 Å². The smallest absolute Gasteiger partial charge is 0.110 e. The van der Waals surface area contributed by atoms with Crippen LogP contribution < -0.4 is 4.90 Å². The molecule has 156 valence electrons. The number of quaternary nitrogens is 1. The minimum Gasteiger partial charge on any atom is -0.390 e. The molecule has 4 aliphatic rings. The van der Waals surface area contributed by atoms with Crippen LogP contribution in [0.5, 0.6) is 0 Å². The number of aliphatic hydroxyl groups excluding tert-OH is 1. The maximum atomic E-state index is 11.2. The van der Waals surface area contributed by atoms with Crippen molar-refractivity contribution in [1.29, 1.82) is 0 Å². The van der Waals surface area contributed by atoms with Crippen LogP contribution in [0.2, 0.25) is 0 Å². The lowest BCUT2D eigenvalue weighted by Gasteiger charge is -2.56. The van der Waals surface area contributed by atoms with Gasteiger partial charge in [0.2, 0.25) is 0 Å². The quantitative estimate of drug-likeness (QED) is 0.722. The third kappa shape index (κ3) is 3.36. The molecule has 4 rings (SSSR count). The molecule has 2 heterocycles. The van der Waals surface area contributed by atoms with Crippen LogP contribution in [0.3, 0.4) is 0 Å². The van der Waals surface area contributed by atoms with Gasteiger partial charge < -0.3 is 29.0 Å². The van der Waals surface area contributed by atoms with Gasteiger partial charge in [-0.15, -0.1) is 0 Å². The zero-order valence-corrected chi connectivity index (χ0v) is 17.3. The molecule has 0 aromatic heterocycles.